The standard InChI is InChI=1S/C26H34N2O4S/c1-19(2)15-22(27-26(31)32-17-21-13-9-6-10-14-21)25(30)28(3)23(24(29)18-33-4)16-20-11-7-5-8-12-20/h5-14,19,22-23H,15-18H2,1-4H3,(H,27,31)/t22-,23-/m0/s1. The fraction of sp³-hybridized carbons (Fsp3) is 0.423. The van der Waals surface area contributed by atoms with Crippen molar-refractivity contribution in [3.8, 4) is 0 Å². The van der Waals surface area contributed by atoms with Crippen LogP contribution in [0.2, 0.25) is 0 Å². The van der Waals surface area contributed by atoms with Crippen LogP contribution in [0.25, 0.3) is 0 Å². The lowest BCUT2D eigenvalue weighted by molar-refractivity contribution is -0.139. The van der Waals surface area contributed by atoms with Crippen LogP contribution in [0.5, 0.6) is 0 Å². The highest BCUT2D eigenvalue weighted by atomic mass is 32.2. The molecule has 2 atom stereocenters. The molecule has 0 spiro atoms. The smallest absolute Gasteiger partial charge is 0.408 e. The predicted molar refractivity (Wildman–Crippen MR) is 133 cm³/mol. The molecule has 0 aliphatic carbocycles. The maximum absolute atomic E-state index is 13.4. The van der Waals surface area contributed by atoms with E-state index >= 15 is 0 Å². The van der Waals surface area contributed by atoms with Crippen LogP contribution in [0.1, 0.15) is 31.4 Å². The van der Waals surface area contributed by atoms with Gasteiger partial charge in [-0.3, -0.25) is 9.59 Å². The topological polar surface area (TPSA) is 75.7 Å². The molecule has 6 nitrogen and oxygen atoms in total. The molecule has 2 aromatic rings. The third-order valence-electron chi connectivity index (χ3n) is 5.26. The number of thioether (sulfide) groups is 1. The molecule has 2 amide bonds. The molecule has 33 heavy (non-hydrogen) atoms. The van der Waals surface area contributed by atoms with Crippen molar-refractivity contribution in [3.63, 3.8) is 0 Å². The Hall–Kier alpha value is -2.80. The summed E-state index contributed by atoms with van der Waals surface area (Å²) < 4.78 is 5.32. The van der Waals surface area contributed by atoms with Crippen molar-refractivity contribution >= 4 is 29.5 Å². The van der Waals surface area contributed by atoms with Crippen LogP contribution >= 0.6 is 11.8 Å². The summed E-state index contributed by atoms with van der Waals surface area (Å²) in [6, 6.07) is 17.6. The molecule has 2 rings (SSSR count). The highest BCUT2D eigenvalue weighted by Gasteiger charge is 2.32. The summed E-state index contributed by atoms with van der Waals surface area (Å²) in [5.41, 5.74) is 1.84. The third kappa shape index (κ3) is 8.92. The number of alkyl carbamates (subject to hydrolysis) is 1. The van der Waals surface area contributed by atoms with Crippen molar-refractivity contribution in [1.82, 2.24) is 10.2 Å². The number of nitrogens with zero attached hydrogens (tertiary/aromatic N) is 1. The second-order valence-corrected chi connectivity index (χ2v) is 9.31. The molecule has 0 heterocycles. The van der Waals surface area contributed by atoms with Gasteiger partial charge in [0, 0.05) is 7.05 Å². The van der Waals surface area contributed by atoms with Crippen molar-refractivity contribution in [2.24, 2.45) is 5.92 Å². The van der Waals surface area contributed by atoms with E-state index in [4.69, 9.17) is 4.74 Å². The first-order chi connectivity index (χ1) is 15.8. The van der Waals surface area contributed by atoms with Gasteiger partial charge >= 0.3 is 6.09 Å². The van der Waals surface area contributed by atoms with Crippen molar-refractivity contribution in [2.75, 3.05) is 19.1 Å². The van der Waals surface area contributed by atoms with Crippen LogP contribution in [0.15, 0.2) is 60.7 Å². The van der Waals surface area contributed by atoms with E-state index in [1.165, 1.54) is 16.7 Å². The SMILES string of the molecule is CSCC(=O)[C@H](Cc1ccccc1)N(C)C(=O)[C@H](CC(C)C)NC(=O)OCc1ccccc1. The van der Waals surface area contributed by atoms with E-state index in [0.29, 0.717) is 18.6 Å². The monoisotopic (exact) mass is 470 g/mol. The maximum Gasteiger partial charge on any atom is 0.408 e. The van der Waals surface area contributed by atoms with Gasteiger partial charge in [0.15, 0.2) is 5.78 Å². The minimum Gasteiger partial charge on any atom is -0.445 e. The van der Waals surface area contributed by atoms with Gasteiger partial charge < -0.3 is 15.0 Å². The number of ketones is 1. The molecule has 0 unspecified atom stereocenters. The predicted octanol–water partition coefficient (Wildman–Crippen LogP) is 4.33. The van der Waals surface area contributed by atoms with E-state index < -0.39 is 18.2 Å². The summed E-state index contributed by atoms with van der Waals surface area (Å²) in [7, 11) is 1.64. The Morgan fingerprint density at radius 2 is 1.55 bits per heavy atom. The fourth-order valence-electron chi connectivity index (χ4n) is 3.54. The molecule has 0 saturated heterocycles. The van der Waals surface area contributed by atoms with Crippen LogP contribution in [-0.2, 0) is 27.4 Å². The Bertz CT molecular complexity index is 890. The summed E-state index contributed by atoms with van der Waals surface area (Å²) in [5.74, 6) is 0.167. The van der Waals surface area contributed by atoms with Gasteiger partial charge in [0.25, 0.3) is 0 Å². The molecule has 0 aromatic heterocycles. The number of Topliss-reactive ketones (excluding diaryl/α,β-unsaturated/α-hetero) is 1. The van der Waals surface area contributed by atoms with E-state index in [1.54, 1.807) is 7.05 Å². The number of nitrogens with one attached hydrogen (secondary N) is 1. The van der Waals surface area contributed by atoms with Gasteiger partial charge in [-0.1, -0.05) is 74.5 Å². The summed E-state index contributed by atoms with van der Waals surface area (Å²) in [5, 5.41) is 2.72. The van der Waals surface area contributed by atoms with Gasteiger partial charge in [-0.25, -0.2) is 4.79 Å². The quantitative estimate of drug-likeness (QED) is 0.500. The number of carbonyl (C=O) groups excluding carboxylic acids is 3. The van der Waals surface area contributed by atoms with Gasteiger partial charge in [0.1, 0.15) is 12.6 Å². The first kappa shape index (κ1) is 26.5. The molecule has 0 aliphatic rings. The molecule has 0 bridgehead atoms. The lowest BCUT2D eigenvalue weighted by atomic mass is 9.98. The van der Waals surface area contributed by atoms with Crippen LogP contribution in [-0.4, -0.2) is 53.8 Å². The molecule has 1 N–H and O–H groups in total. The van der Waals surface area contributed by atoms with Crippen LogP contribution in [0.3, 0.4) is 0 Å². The summed E-state index contributed by atoms with van der Waals surface area (Å²) in [4.78, 5) is 40.3. The molecule has 0 aliphatic heterocycles. The van der Waals surface area contributed by atoms with Crippen molar-refractivity contribution in [2.45, 2.75) is 45.4 Å². The normalized spacial score (nSPS) is 12.6. The highest BCUT2D eigenvalue weighted by molar-refractivity contribution is 7.99. The molecule has 0 radical (unpaired) electrons. The number of ether oxygens (including phenoxy) is 1. The molecule has 7 heteroatoms. The van der Waals surface area contributed by atoms with Crippen molar-refractivity contribution in [3.05, 3.63) is 71.8 Å². The minimum absolute atomic E-state index is 0.0165. The van der Waals surface area contributed by atoms with Gasteiger partial charge in [-0.2, -0.15) is 11.8 Å². The number of likely N-dealkylation sites (N-methyl/N-ethyl adjacent to an activating group) is 1. The van der Waals surface area contributed by atoms with Gasteiger partial charge in [-0.15, -0.1) is 0 Å². The Kier molecular flexibility index (Phi) is 11.0. The summed E-state index contributed by atoms with van der Waals surface area (Å²) >= 11 is 1.43. The van der Waals surface area contributed by atoms with Crippen molar-refractivity contribution in [1.29, 1.82) is 0 Å². The van der Waals surface area contributed by atoms with E-state index in [9.17, 15) is 14.4 Å². The highest BCUT2D eigenvalue weighted by Crippen LogP contribution is 2.15. The van der Waals surface area contributed by atoms with E-state index in [2.05, 4.69) is 5.32 Å². The maximum atomic E-state index is 13.4. The number of amides is 2. The molecular formula is C26H34N2O4S. The Morgan fingerprint density at radius 1 is 0.970 bits per heavy atom. The molecule has 0 fully saturated rings. The second kappa shape index (κ2) is 13.7. The Balaban J connectivity index is 2.12. The van der Waals surface area contributed by atoms with Crippen molar-refractivity contribution < 1.29 is 19.1 Å². The largest absolute Gasteiger partial charge is 0.445 e. The lowest BCUT2D eigenvalue weighted by Gasteiger charge is -2.31. The van der Waals surface area contributed by atoms with Crippen LogP contribution in [0.4, 0.5) is 4.79 Å². The second-order valence-electron chi connectivity index (χ2n) is 8.44. The number of carbonyl (C=O) groups is 3. The molecule has 2 aromatic carbocycles. The minimum atomic E-state index is -0.779. The number of hydrogen-bond donors (Lipinski definition) is 1. The van der Waals surface area contributed by atoms with E-state index in [1.807, 2.05) is 80.8 Å². The first-order valence-corrected chi connectivity index (χ1v) is 12.5. The van der Waals surface area contributed by atoms with Gasteiger partial charge in [-0.05, 0) is 36.1 Å². The molecule has 0 saturated carbocycles. The molecular weight excluding hydrogens is 436 g/mol. The zero-order valence-corrected chi connectivity index (χ0v) is 20.6. The fourth-order valence-corrected chi connectivity index (χ4v) is 4.02. The number of hydrogen-bond acceptors (Lipinski definition) is 5. The number of benzene rings is 2. The zero-order chi connectivity index (χ0) is 24.2. The zero-order valence-electron chi connectivity index (χ0n) is 19.8. The average molecular weight is 471 g/mol. The average Bonchev–Trinajstić information content (AvgIpc) is 2.81. The van der Waals surface area contributed by atoms with E-state index in [-0.39, 0.29) is 24.2 Å². The first-order valence-electron chi connectivity index (χ1n) is 11.1. The summed E-state index contributed by atoms with van der Waals surface area (Å²) in [6.45, 7) is 4.09. The third-order valence-corrected chi connectivity index (χ3v) is 5.83. The van der Waals surface area contributed by atoms with Gasteiger partial charge in [0.2, 0.25) is 5.91 Å². The summed E-state index contributed by atoms with van der Waals surface area (Å²) in [6.07, 6.45) is 2.08. The van der Waals surface area contributed by atoms with Gasteiger partial charge in [0.05, 0.1) is 11.8 Å². The molecule has 178 valence electrons. The lowest BCUT2D eigenvalue weighted by Crippen LogP contribution is -2.53. The van der Waals surface area contributed by atoms with Crippen LogP contribution < -0.4 is 5.32 Å². The van der Waals surface area contributed by atoms with Crippen LogP contribution in [0, 0.1) is 5.92 Å². The number of rotatable bonds is 12. The van der Waals surface area contributed by atoms with E-state index in [0.717, 1.165) is 11.1 Å². The Morgan fingerprint density at radius 3 is 2.09 bits per heavy atom. The Labute approximate surface area is 201 Å².